The predicted molar refractivity (Wildman–Crippen MR) is 76.7 cm³/mol. The third-order valence-electron chi connectivity index (χ3n) is 2.69. The van der Waals surface area contributed by atoms with Crippen molar-refractivity contribution in [3.63, 3.8) is 0 Å². The number of hydrogen-bond acceptors (Lipinski definition) is 4. The Morgan fingerprint density at radius 3 is 2.60 bits per heavy atom. The normalized spacial score (nSPS) is 10.1. The number of ether oxygens (including phenoxy) is 1. The number of methoxy groups -OCH3 is 1. The number of benzene rings is 1. The number of carbonyl (C=O) groups excluding carboxylic acids is 1. The van der Waals surface area contributed by atoms with Gasteiger partial charge in [-0.2, -0.15) is 0 Å². The van der Waals surface area contributed by atoms with E-state index in [1.165, 1.54) is 22.9 Å². The molecule has 6 heteroatoms. The molecule has 1 aromatic carbocycles. The number of nitrogens with two attached hydrogens (primary N) is 1. The summed E-state index contributed by atoms with van der Waals surface area (Å²) in [6.45, 7) is -0.0874. The Labute approximate surface area is 115 Å². The van der Waals surface area contributed by atoms with E-state index in [0.29, 0.717) is 17.1 Å². The molecule has 3 N–H and O–H groups in total. The predicted octanol–water partition coefficient (Wildman–Crippen LogP) is 1.08. The summed E-state index contributed by atoms with van der Waals surface area (Å²) in [7, 11) is 1.57. The molecule has 0 unspecified atom stereocenters. The van der Waals surface area contributed by atoms with Crippen LogP contribution in [-0.4, -0.2) is 17.6 Å². The third-order valence-corrected chi connectivity index (χ3v) is 2.69. The summed E-state index contributed by atoms with van der Waals surface area (Å²) in [6, 6.07) is 9.75. The minimum absolute atomic E-state index is 0.0874. The minimum atomic E-state index is -0.303. The van der Waals surface area contributed by atoms with Crippen LogP contribution in [0.15, 0.2) is 47.4 Å². The summed E-state index contributed by atoms with van der Waals surface area (Å²) in [5, 5.41) is 2.69. The van der Waals surface area contributed by atoms with Crippen molar-refractivity contribution in [3.8, 4) is 5.75 Å². The Kier molecular flexibility index (Phi) is 4.05. The average molecular weight is 273 g/mol. The lowest BCUT2D eigenvalue weighted by Crippen LogP contribution is -2.26. The molecule has 0 aliphatic rings. The second kappa shape index (κ2) is 5.92. The maximum Gasteiger partial charge on any atom is 0.251 e. The van der Waals surface area contributed by atoms with Gasteiger partial charge in [-0.15, -0.1) is 0 Å². The molecule has 1 amide bonds. The van der Waals surface area contributed by atoms with Crippen molar-refractivity contribution in [3.05, 3.63) is 52.9 Å². The molecule has 104 valence electrons. The number of nitrogens with one attached hydrogen (secondary N) is 1. The molecule has 0 saturated carbocycles. The van der Waals surface area contributed by atoms with E-state index in [2.05, 4.69) is 5.32 Å². The van der Waals surface area contributed by atoms with Crippen LogP contribution in [0.1, 0.15) is 0 Å². The van der Waals surface area contributed by atoms with Gasteiger partial charge in [-0.1, -0.05) is 0 Å². The number of nitrogens with zero attached hydrogens (tertiary/aromatic N) is 1. The van der Waals surface area contributed by atoms with Crippen LogP contribution < -0.4 is 21.3 Å². The largest absolute Gasteiger partial charge is 0.497 e. The lowest BCUT2D eigenvalue weighted by atomic mass is 10.3. The van der Waals surface area contributed by atoms with Crippen LogP contribution >= 0.6 is 0 Å². The van der Waals surface area contributed by atoms with E-state index in [9.17, 15) is 9.59 Å². The van der Waals surface area contributed by atoms with Gasteiger partial charge in [-0.25, -0.2) is 0 Å². The van der Waals surface area contributed by atoms with E-state index in [-0.39, 0.29) is 18.0 Å². The van der Waals surface area contributed by atoms with Crippen molar-refractivity contribution in [2.45, 2.75) is 6.54 Å². The van der Waals surface area contributed by atoms with Crippen LogP contribution in [0.3, 0.4) is 0 Å². The zero-order valence-corrected chi connectivity index (χ0v) is 11.0. The molecular weight excluding hydrogens is 258 g/mol. The molecule has 0 radical (unpaired) electrons. The standard InChI is InChI=1S/C14H15N3O3/c1-20-12-5-3-11(4-6-12)16-13(18)9-17-8-10(15)2-7-14(17)19/h2-8H,9,15H2,1H3,(H,16,18). The van der Waals surface area contributed by atoms with Gasteiger partial charge in [0.05, 0.1) is 7.11 Å². The summed E-state index contributed by atoms with van der Waals surface area (Å²) < 4.78 is 6.28. The fraction of sp³-hybridized carbons (Fsp3) is 0.143. The van der Waals surface area contributed by atoms with Crippen LogP contribution in [0.25, 0.3) is 0 Å². The Hall–Kier alpha value is -2.76. The number of rotatable bonds is 4. The van der Waals surface area contributed by atoms with Gasteiger partial charge in [0.25, 0.3) is 5.56 Å². The Morgan fingerprint density at radius 2 is 1.95 bits per heavy atom. The van der Waals surface area contributed by atoms with Gasteiger partial charge in [0.1, 0.15) is 12.3 Å². The molecule has 2 aromatic rings. The number of pyridine rings is 1. The molecule has 0 aliphatic heterocycles. The van der Waals surface area contributed by atoms with Crippen LogP contribution in [0.2, 0.25) is 0 Å². The molecule has 6 nitrogen and oxygen atoms in total. The molecule has 0 atom stereocenters. The molecule has 1 aromatic heterocycles. The molecule has 0 spiro atoms. The summed E-state index contributed by atoms with van der Waals surface area (Å²) in [5.41, 5.74) is 6.37. The first-order chi connectivity index (χ1) is 9.58. The van der Waals surface area contributed by atoms with E-state index < -0.39 is 0 Å². The number of nitrogen functional groups attached to an aromatic ring is 1. The summed E-state index contributed by atoms with van der Waals surface area (Å²) in [6.07, 6.45) is 1.44. The highest BCUT2D eigenvalue weighted by atomic mass is 16.5. The van der Waals surface area contributed by atoms with E-state index in [4.69, 9.17) is 10.5 Å². The first-order valence-electron chi connectivity index (χ1n) is 5.98. The lowest BCUT2D eigenvalue weighted by molar-refractivity contribution is -0.116. The first kappa shape index (κ1) is 13.7. The molecule has 2 rings (SSSR count). The van der Waals surface area contributed by atoms with E-state index in [1.807, 2.05) is 0 Å². The summed E-state index contributed by atoms with van der Waals surface area (Å²) in [5.74, 6) is 0.401. The van der Waals surface area contributed by atoms with Gasteiger partial charge >= 0.3 is 0 Å². The summed E-state index contributed by atoms with van der Waals surface area (Å²) in [4.78, 5) is 23.4. The van der Waals surface area contributed by atoms with Crippen molar-refractivity contribution in [1.82, 2.24) is 4.57 Å². The van der Waals surface area contributed by atoms with Crippen molar-refractivity contribution in [2.75, 3.05) is 18.2 Å². The van der Waals surface area contributed by atoms with Crippen LogP contribution in [-0.2, 0) is 11.3 Å². The fourth-order valence-electron chi connectivity index (χ4n) is 1.70. The molecule has 20 heavy (non-hydrogen) atoms. The van der Waals surface area contributed by atoms with Crippen molar-refractivity contribution in [2.24, 2.45) is 0 Å². The SMILES string of the molecule is COc1ccc(NC(=O)Cn2cc(N)ccc2=O)cc1. The monoisotopic (exact) mass is 273 g/mol. The maximum absolute atomic E-state index is 11.9. The fourth-order valence-corrected chi connectivity index (χ4v) is 1.70. The highest BCUT2D eigenvalue weighted by molar-refractivity contribution is 5.90. The Morgan fingerprint density at radius 1 is 1.25 bits per heavy atom. The average Bonchev–Trinajstić information content (AvgIpc) is 2.43. The van der Waals surface area contributed by atoms with E-state index in [0.717, 1.165) is 0 Å². The van der Waals surface area contributed by atoms with Gasteiger partial charge in [0.15, 0.2) is 0 Å². The highest BCUT2D eigenvalue weighted by Crippen LogP contribution is 2.14. The van der Waals surface area contributed by atoms with Crippen molar-refractivity contribution >= 4 is 17.3 Å². The number of anilines is 2. The second-order valence-corrected chi connectivity index (χ2v) is 4.21. The highest BCUT2D eigenvalue weighted by Gasteiger charge is 2.05. The topological polar surface area (TPSA) is 86.3 Å². The molecule has 1 heterocycles. The van der Waals surface area contributed by atoms with Crippen molar-refractivity contribution in [1.29, 1.82) is 0 Å². The van der Waals surface area contributed by atoms with Gasteiger partial charge in [0.2, 0.25) is 5.91 Å². The van der Waals surface area contributed by atoms with Gasteiger partial charge in [-0.05, 0) is 30.3 Å². The summed E-state index contributed by atoms with van der Waals surface area (Å²) >= 11 is 0. The van der Waals surface area contributed by atoms with Gasteiger partial charge in [-0.3, -0.25) is 9.59 Å². The number of carbonyl (C=O) groups is 1. The lowest BCUT2D eigenvalue weighted by Gasteiger charge is -2.08. The molecule has 0 aliphatic carbocycles. The number of amides is 1. The van der Waals surface area contributed by atoms with Crippen LogP contribution in [0.5, 0.6) is 5.75 Å². The Bertz CT molecular complexity index is 662. The molecular formula is C14H15N3O3. The molecule has 0 bridgehead atoms. The van der Waals surface area contributed by atoms with Crippen LogP contribution in [0.4, 0.5) is 11.4 Å². The minimum Gasteiger partial charge on any atom is -0.497 e. The second-order valence-electron chi connectivity index (χ2n) is 4.21. The Balaban J connectivity index is 2.04. The zero-order valence-electron chi connectivity index (χ0n) is 11.0. The quantitative estimate of drug-likeness (QED) is 0.872. The van der Waals surface area contributed by atoms with Gasteiger partial charge < -0.3 is 20.4 Å². The van der Waals surface area contributed by atoms with Gasteiger partial charge in [0, 0.05) is 23.6 Å². The first-order valence-corrected chi connectivity index (χ1v) is 5.98. The number of aromatic nitrogens is 1. The van der Waals surface area contributed by atoms with Crippen LogP contribution in [0, 0.1) is 0 Å². The third kappa shape index (κ3) is 3.38. The van der Waals surface area contributed by atoms with E-state index in [1.54, 1.807) is 31.4 Å². The smallest absolute Gasteiger partial charge is 0.251 e. The molecule has 0 fully saturated rings. The maximum atomic E-state index is 11.9. The molecule has 0 saturated heterocycles. The number of hydrogen-bond donors (Lipinski definition) is 2. The zero-order chi connectivity index (χ0) is 14.5. The van der Waals surface area contributed by atoms with E-state index >= 15 is 0 Å². The van der Waals surface area contributed by atoms with Crippen molar-refractivity contribution < 1.29 is 9.53 Å².